The van der Waals surface area contributed by atoms with Crippen molar-refractivity contribution >= 4 is 22.4 Å². The molecular weight excluding hydrogens is 404 g/mol. The summed E-state index contributed by atoms with van der Waals surface area (Å²) in [6.45, 7) is 10.3. The number of nitrogens with one attached hydrogen (secondary N) is 1. The zero-order valence-electron chi connectivity index (χ0n) is 17.9. The summed E-state index contributed by atoms with van der Waals surface area (Å²) >= 11 is 1.41. The second-order valence-corrected chi connectivity index (χ2v) is 7.92. The Morgan fingerprint density at radius 1 is 1.03 bits per heavy atom. The molecule has 9 heteroatoms. The Hall–Kier alpha value is -2.39. The number of amides is 1. The molecule has 2 aromatic rings. The van der Waals surface area contributed by atoms with Crippen LogP contribution in [0.1, 0.15) is 49.0 Å². The van der Waals surface area contributed by atoms with Crippen LogP contribution in [0.4, 0.5) is 5.13 Å². The minimum atomic E-state index is -0.290. The van der Waals surface area contributed by atoms with Gasteiger partial charge < -0.3 is 19.1 Å². The van der Waals surface area contributed by atoms with Gasteiger partial charge in [0, 0.05) is 18.5 Å². The summed E-state index contributed by atoms with van der Waals surface area (Å²) < 4.78 is 17.1. The first-order valence-corrected chi connectivity index (χ1v) is 11.4. The van der Waals surface area contributed by atoms with Gasteiger partial charge in [-0.15, -0.1) is 10.2 Å². The van der Waals surface area contributed by atoms with Crippen molar-refractivity contribution in [3.63, 3.8) is 0 Å². The van der Waals surface area contributed by atoms with E-state index in [1.165, 1.54) is 24.2 Å². The third-order valence-corrected chi connectivity index (χ3v) is 5.60. The van der Waals surface area contributed by atoms with Gasteiger partial charge in [0.25, 0.3) is 5.91 Å². The fourth-order valence-electron chi connectivity index (χ4n) is 3.35. The van der Waals surface area contributed by atoms with Gasteiger partial charge in [-0.1, -0.05) is 11.3 Å². The molecule has 1 aliphatic rings. The summed E-state index contributed by atoms with van der Waals surface area (Å²) in [4.78, 5) is 15.3. The molecular formula is C21H30N4O4S. The molecule has 1 aliphatic heterocycles. The highest BCUT2D eigenvalue weighted by Gasteiger charge is 2.19. The first kappa shape index (κ1) is 22.3. The Bertz CT molecular complexity index is 809. The Morgan fingerprint density at radius 2 is 1.67 bits per heavy atom. The van der Waals surface area contributed by atoms with E-state index < -0.39 is 0 Å². The predicted molar refractivity (Wildman–Crippen MR) is 117 cm³/mol. The van der Waals surface area contributed by atoms with Gasteiger partial charge in [0.05, 0.1) is 19.8 Å². The topological polar surface area (TPSA) is 85.8 Å². The van der Waals surface area contributed by atoms with Crippen LogP contribution in [-0.4, -0.2) is 60.5 Å². The number of benzene rings is 1. The lowest BCUT2D eigenvalue weighted by molar-refractivity contribution is 0.102. The van der Waals surface area contributed by atoms with Gasteiger partial charge in [-0.05, 0) is 58.8 Å². The van der Waals surface area contributed by atoms with Gasteiger partial charge in [-0.3, -0.25) is 10.1 Å². The molecule has 3 rings (SSSR count). The number of rotatable bonds is 11. The Kier molecular flexibility index (Phi) is 8.27. The molecule has 0 aliphatic carbocycles. The standard InChI is InChI=1S/C21H30N4O4S/c1-4-27-16-13-15(14-17(28-5-2)19(16)29-6-3)20(26)22-21-24-23-18(30-21)9-12-25-10-7-8-11-25/h13-14H,4-12H2,1-3H3,(H,22,24,26). The first-order valence-electron chi connectivity index (χ1n) is 10.6. The van der Waals surface area contributed by atoms with Gasteiger partial charge in [0.2, 0.25) is 10.9 Å². The molecule has 1 fully saturated rings. The average molecular weight is 435 g/mol. The number of ether oxygens (including phenoxy) is 3. The molecule has 1 aromatic carbocycles. The SMILES string of the molecule is CCOc1cc(C(=O)Nc2nnc(CCN3CCCC3)s2)cc(OCC)c1OCC. The molecule has 1 aromatic heterocycles. The number of carbonyl (C=O) groups is 1. The Labute approximate surface area is 181 Å². The fraction of sp³-hybridized carbons (Fsp3) is 0.571. The van der Waals surface area contributed by atoms with Gasteiger partial charge in [-0.25, -0.2) is 0 Å². The van der Waals surface area contributed by atoms with Crippen molar-refractivity contribution in [3.05, 3.63) is 22.7 Å². The largest absolute Gasteiger partial charge is 0.490 e. The maximum Gasteiger partial charge on any atom is 0.257 e. The summed E-state index contributed by atoms with van der Waals surface area (Å²) in [5.74, 6) is 1.19. The van der Waals surface area contributed by atoms with Crippen molar-refractivity contribution in [2.45, 2.75) is 40.0 Å². The number of hydrogen-bond donors (Lipinski definition) is 1. The third-order valence-electron chi connectivity index (χ3n) is 4.70. The van der Waals surface area contributed by atoms with Crippen LogP contribution in [0.25, 0.3) is 0 Å². The molecule has 0 spiro atoms. The van der Waals surface area contributed by atoms with Crippen molar-refractivity contribution in [2.24, 2.45) is 0 Å². The van der Waals surface area contributed by atoms with E-state index in [0.29, 0.717) is 47.8 Å². The summed E-state index contributed by atoms with van der Waals surface area (Å²) in [5.41, 5.74) is 0.416. The average Bonchev–Trinajstić information content (AvgIpc) is 3.41. The normalized spacial score (nSPS) is 14.0. The van der Waals surface area contributed by atoms with Gasteiger partial charge in [-0.2, -0.15) is 0 Å². The van der Waals surface area contributed by atoms with Crippen LogP contribution in [0.15, 0.2) is 12.1 Å². The minimum Gasteiger partial charge on any atom is -0.490 e. The van der Waals surface area contributed by atoms with E-state index in [4.69, 9.17) is 14.2 Å². The molecule has 1 amide bonds. The molecule has 1 N–H and O–H groups in total. The van der Waals surface area contributed by atoms with Crippen LogP contribution < -0.4 is 19.5 Å². The number of nitrogens with zero attached hydrogens (tertiary/aromatic N) is 3. The van der Waals surface area contributed by atoms with Crippen LogP contribution in [-0.2, 0) is 6.42 Å². The summed E-state index contributed by atoms with van der Waals surface area (Å²) in [5, 5.41) is 12.6. The lowest BCUT2D eigenvalue weighted by Gasteiger charge is -2.16. The second-order valence-electron chi connectivity index (χ2n) is 6.85. The van der Waals surface area contributed by atoms with Crippen LogP contribution in [0.3, 0.4) is 0 Å². The Morgan fingerprint density at radius 3 is 2.27 bits per heavy atom. The number of likely N-dealkylation sites (tertiary alicyclic amines) is 1. The molecule has 0 bridgehead atoms. The van der Waals surface area contributed by atoms with Crippen LogP contribution in [0, 0.1) is 0 Å². The van der Waals surface area contributed by atoms with E-state index in [1.54, 1.807) is 12.1 Å². The van der Waals surface area contributed by atoms with E-state index in [1.807, 2.05) is 20.8 Å². The molecule has 8 nitrogen and oxygen atoms in total. The zero-order valence-corrected chi connectivity index (χ0v) is 18.7. The quantitative estimate of drug-likeness (QED) is 0.578. The number of anilines is 1. The predicted octanol–water partition coefficient (Wildman–Crippen LogP) is 3.62. The van der Waals surface area contributed by atoms with Crippen molar-refractivity contribution in [1.82, 2.24) is 15.1 Å². The highest BCUT2D eigenvalue weighted by molar-refractivity contribution is 7.15. The van der Waals surface area contributed by atoms with E-state index in [2.05, 4.69) is 20.4 Å². The van der Waals surface area contributed by atoms with Gasteiger partial charge in [0.15, 0.2) is 11.5 Å². The number of hydrogen-bond acceptors (Lipinski definition) is 8. The van der Waals surface area contributed by atoms with Crippen LogP contribution in [0.5, 0.6) is 17.2 Å². The lowest BCUT2D eigenvalue weighted by Crippen LogP contribution is -2.21. The molecule has 2 heterocycles. The maximum absolute atomic E-state index is 12.8. The number of carbonyl (C=O) groups excluding carboxylic acids is 1. The Balaban J connectivity index is 1.70. The molecule has 30 heavy (non-hydrogen) atoms. The maximum atomic E-state index is 12.8. The molecule has 164 valence electrons. The molecule has 0 saturated carbocycles. The molecule has 0 unspecified atom stereocenters. The monoisotopic (exact) mass is 434 g/mol. The summed E-state index contributed by atoms with van der Waals surface area (Å²) in [6.07, 6.45) is 3.39. The highest BCUT2D eigenvalue weighted by atomic mass is 32.1. The lowest BCUT2D eigenvalue weighted by atomic mass is 10.1. The highest BCUT2D eigenvalue weighted by Crippen LogP contribution is 2.39. The molecule has 0 radical (unpaired) electrons. The van der Waals surface area contributed by atoms with E-state index in [-0.39, 0.29) is 5.91 Å². The second kappa shape index (κ2) is 11.1. The van der Waals surface area contributed by atoms with Crippen molar-refractivity contribution in [1.29, 1.82) is 0 Å². The summed E-state index contributed by atoms with van der Waals surface area (Å²) in [6, 6.07) is 3.34. The van der Waals surface area contributed by atoms with Gasteiger partial charge >= 0.3 is 0 Å². The number of aromatic nitrogens is 2. The van der Waals surface area contributed by atoms with E-state index in [9.17, 15) is 4.79 Å². The van der Waals surface area contributed by atoms with Crippen molar-refractivity contribution in [2.75, 3.05) is 44.8 Å². The van der Waals surface area contributed by atoms with E-state index >= 15 is 0 Å². The molecule has 0 atom stereocenters. The third kappa shape index (κ3) is 5.82. The smallest absolute Gasteiger partial charge is 0.257 e. The summed E-state index contributed by atoms with van der Waals surface area (Å²) in [7, 11) is 0. The molecule has 1 saturated heterocycles. The minimum absolute atomic E-state index is 0.290. The van der Waals surface area contributed by atoms with E-state index in [0.717, 1.165) is 31.1 Å². The fourth-order valence-corrected chi connectivity index (χ4v) is 4.08. The van der Waals surface area contributed by atoms with Gasteiger partial charge in [0.1, 0.15) is 5.01 Å². The van der Waals surface area contributed by atoms with Crippen molar-refractivity contribution < 1.29 is 19.0 Å². The van der Waals surface area contributed by atoms with Crippen molar-refractivity contribution in [3.8, 4) is 17.2 Å². The van der Waals surface area contributed by atoms with Crippen LogP contribution in [0.2, 0.25) is 0 Å². The zero-order chi connectivity index (χ0) is 21.3. The first-order chi connectivity index (χ1) is 14.6. The van der Waals surface area contributed by atoms with Crippen LogP contribution >= 0.6 is 11.3 Å².